The molecule has 0 N–H and O–H groups in total. The number of rotatable bonds is 2. The van der Waals surface area contributed by atoms with Crippen molar-refractivity contribution in [1.82, 2.24) is 0 Å². The summed E-state index contributed by atoms with van der Waals surface area (Å²) in [6.45, 7) is 3.84. The number of hydrogen-bond donors (Lipinski definition) is 0. The van der Waals surface area contributed by atoms with Gasteiger partial charge in [0.1, 0.15) is 0 Å². The minimum Gasteiger partial charge on any atom is -0.397 e. The number of allylic oxidation sites excluding steroid dienone is 3. The Morgan fingerprint density at radius 1 is 1.21 bits per heavy atom. The monoisotopic (exact) mass is 202 g/mol. The zero-order valence-corrected chi connectivity index (χ0v) is 7.77. The van der Waals surface area contributed by atoms with E-state index in [-0.39, 0.29) is 11.7 Å². The van der Waals surface area contributed by atoms with Crippen LogP contribution in [0.3, 0.4) is 0 Å². The lowest BCUT2D eigenvalue weighted by atomic mass is 10.0. The van der Waals surface area contributed by atoms with Crippen molar-refractivity contribution in [2.45, 2.75) is 20.2 Å². The van der Waals surface area contributed by atoms with Crippen molar-refractivity contribution in [3.63, 3.8) is 0 Å². The van der Waals surface area contributed by atoms with E-state index >= 15 is 0 Å². The summed E-state index contributed by atoms with van der Waals surface area (Å²) >= 11 is 0. The first kappa shape index (κ1) is 10.7. The largest absolute Gasteiger partial charge is 0.573 e. The van der Waals surface area contributed by atoms with Crippen molar-refractivity contribution >= 4 is 0 Å². The van der Waals surface area contributed by atoms with Gasteiger partial charge in [-0.3, -0.25) is 0 Å². The summed E-state index contributed by atoms with van der Waals surface area (Å²) in [6.07, 6.45) is -1.88. The molecule has 0 saturated heterocycles. The molecule has 14 heavy (non-hydrogen) atoms. The van der Waals surface area contributed by atoms with Crippen LogP contribution < -0.4 is 0 Å². The number of ether oxygens (including phenoxy) is 1. The van der Waals surface area contributed by atoms with E-state index in [1.807, 2.05) is 13.8 Å². The Labute approximate surface area is 79.9 Å². The lowest BCUT2D eigenvalue weighted by Crippen LogP contribution is -2.12. The first-order chi connectivity index (χ1) is 6.38. The maximum absolute atomic E-state index is 11.7. The lowest BCUT2D eigenvalue weighted by molar-refractivity contribution is -0.303. The molecule has 0 aromatic heterocycles. The Balaban J connectivity index is 2.87. The van der Waals surface area contributed by atoms with E-state index in [1.54, 1.807) is 6.08 Å². The van der Waals surface area contributed by atoms with Crippen LogP contribution in [0.15, 0.2) is 34.9 Å². The summed E-state index contributed by atoms with van der Waals surface area (Å²) in [6, 6.07) is 0. The minimum absolute atomic E-state index is 0.214. The van der Waals surface area contributed by atoms with Crippen LogP contribution in [0.1, 0.15) is 13.8 Å². The highest BCUT2D eigenvalue weighted by Gasteiger charge is 2.31. The highest BCUT2D eigenvalue weighted by atomic mass is 19.4. The molecule has 1 aliphatic rings. The SMILES string of the molecule is CC(C)C1=C=C=C(OC(F)(F)F)C=C1. The number of halogens is 3. The molecule has 0 atom stereocenters. The topological polar surface area (TPSA) is 9.23 Å². The molecule has 0 aliphatic heterocycles. The highest BCUT2D eigenvalue weighted by Crippen LogP contribution is 2.22. The van der Waals surface area contributed by atoms with Gasteiger partial charge in [0, 0.05) is 5.57 Å². The van der Waals surface area contributed by atoms with E-state index < -0.39 is 6.36 Å². The van der Waals surface area contributed by atoms with Gasteiger partial charge in [-0.25, -0.2) is 0 Å². The fourth-order valence-corrected chi connectivity index (χ4v) is 0.904. The van der Waals surface area contributed by atoms with Crippen LogP contribution in [0.5, 0.6) is 0 Å². The fourth-order valence-electron chi connectivity index (χ4n) is 0.904. The molecule has 0 heterocycles. The molecule has 4 heteroatoms. The third-order valence-electron chi connectivity index (χ3n) is 1.59. The van der Waals surface area contributed by atoms with Gasteiger partial charge in [0.25, 0.3) is 0 Å². The van der Waals surface area contributed by atoms with Gasteiger partial charge in [-0.2, -0.15) is 0 Å². The molecule has 1 rings (SSSR count). The Morgan fingerprint density at radius 3 is 2.21 bits per heavy atom. The maximum atomic E-state index is 11.7. The number of alkyl halides is 3. The third-order valence-corrected chi connectivity index (χ3v) is 1.59. The van der Waals surface area contributed by atoms with Crippen molar-refractivity contribution in [3.05, 3.63) is 34.9 Å². The molecule has 0 fully saturated rings. The van der Waals surface area contributed by atoms with Crippen LogP contribution in [0, 0.1) is 5.92 Å². The Bertz CT molecular complexity index is 348. The second-order valence-corrected chi connectivity index (χ2v) is 3.11. The van der Waals surface area contributed by atoms with E-state index in [9.17, 15) is 13.2 Å². The van der Waals surface area contributed by atoms with Crippen molar-refractivity contribution in [2.75, 3.05) is 0 Å². The van der Waals surface area contributed by atoms with Gasteiger partial charge in [0.15, 0.2) is 5.76 Å². The molecule has 0 aromatic rings. The molecule has 0 spiro atoms. The normalized spacial score (nSPS) is 15.6. The van der Waals surface area contributed by atoms with Gasteiger partial charge >= 0.3 is 6.36 Å². The van der Waals surface area contributed by atoms with E-state index in [1.165, 1.54) is 6.08 Å². The third kappa shape index (κ3) is 3.17. The minimum atomic E-state index is -4.66. The molecule has 76 valence electrons. The molecule has 0 bridgehead atoms. The Morgan fingerprint density at radius 2 is 1.86 bits per heavy atom. The second-order valence-electron chi connectivity index (χ2n) is 3.11. The predicted octanol–water partition coefficient (Wildman–Crippen LogP) is 3.31. The smallest absolute Gasteiger partial charge is 0.397 e. The maximum Gasteiger partial charge on any atom is 0.573 e. The fraction of sp³-hybridized carbons (Fsp3) is 0.400. The second kappa shape index (κ2) is 3.79. The van der Waals surface area contributed by atoms with Crippen molar-refractivity contribution in [2.24, 2.45) is 5.92 Å². The summed E-state index contributed by atoms with van der Waals surface area (Å²) in [5, 5.41) is 0. The number of hydrogen-bond acceptors (Lipinski definition) is 1. The summed E-state index contributed by atoms with van der Waals surface area (Å²) < 4.78 is 38.9. The van der Waals surface area contributed by atoms with Crippen LogP contribution in [0.25, 0.3) is 0 Å². The van der Waals surface area contributed by atoms with Crippen LogP contribution in [0.4, 0.5) is 13.2 Å². The van der Waals surface area contributed by atoms with Gasteiger partial charge in [0.05, 0.1) is 0 Å². The zero-order chi connectivity index (χ0) is 10.8. The average Bonchev–Trinajstić information content (AvgIpc) is 2.02. The van der Waals surface area contributed by atoms with Crippen molar-refractivity contribution in [3.8, 4) is 0 Å². The lowest BCUT2D eigenvalue weighted by Gasteiger charge is -2.09. The molecule has 0 unspecified atom stereocenters. The zero-order valence-electron chi connectivity index (χ0n) is 7.77. The molecule has 0 aromatic carbocycles. The van der Waals surface area contributed by atoms with E-state index in [0.29, 0.717) is 0 Å². The molecule has 1 nitrogen and oxygen atoms in total. The van der Waals surface area contributed by atoms with Crippen LogP contribution in [-0.2, 0) is 4.74 Å². The summed E-state index contributed by atoms with van der Waals surface area (Å²) in [7, 11) is 0. The van der Waals surface area contributed by atoms with Gasteiger partial charge in [-0.05, 0) is 23.8 Å². The summed E-state index contributed by atoms with van der Waals surface area (Å²) in [4.78, 5) is 0. The quantitative estimate of drug-likeness (QED) is 0.624. The van der Waals surface area contributed by atoms with Crippen molar-refractivity contribution in [1.29, 1.82) is 0 Å². The van der Waals surface area contributed by atoms with Crippen molar-refractivity contribution < 1.29 is 17.9 Å². The molecule has 0 radical (unpaired) electrons. The molecular weight excluding hydrogens is 193 g/mol. The average molecular weight is 202 g/mol. The van der Waals surface area contributed by atoms with Gasteiger partial charge < -0.3 is 4.74 Å². The summed E-state index contributed by atoms with van der Waals surface area (Å²) in [5.41, 5.74) is 5.72. The van der Waals surface area contributed by atoms with E-state index in [4.69, 9.17) is 0 Å². The summed E-state index contributed by atoms with van der Waals surface area (Å²) in [5.74, 6) is -0.145. The van der Waals surface area contributed by atoms with Gasteiger partial charge in [0.2, 0.25) is 0 Å². The Kier molecular flexibility index (Phi) is 2.90. The van der Waals surface area contributed by atoms with Crippen LogP contribution in [0.2, 0.25) is 0 Å². The van der Waals surface area contributed by atoms with E-state index in [0.717, 1.165) is 5.57 Å². The standard InChI is InChI=1S/C10H9F3O/c1-7(2)8-3-5-9(6-4-8)14-10(11,12)13/h3,5,7H,1-2H3. The first-order valence-electron chi connectivity index (χ1n) is 4.08. The van der Waals surface area contributed by atoms with Gasteiger partial charge in [-0.15, -0.1) is 13.2 Å². The van der Waals surface area contributed by atoms with Crippen LogP contribution >= 0.6 is 0 Å². The van der Waals surface area contributed by atoms with Gasteiger partial charge in [-0.1, -0.05) is 19.6 Å². The van der Waals surface area contributed by atoms with E-state index in [2.05, 4.69) is 16.2 Å². The molecule has 0 saturated carbocycles. The molecule has 0 amide bonds. The highest BCUT2D eigenvalue weighted by molar-refractivity contribution is 5.30. The molecule has 1 aliphatic carbocycles. The predicted molar refractivity (Wildman–Crippen MR) is 45.2 cm³/mol. The van der Waals surface area contributed by atoms with Crippen LogP contribution in [-0.4, -0.2) is 6.36 Å². The first-order valence-corrected chi connectivity index (χ1v) is 4.08. The Hall–Kier alpha value is -1.37. The molecular formula is C10H9F3O.